The molecule has 0 fully saturated rings. The van der Waals surface area contributed by atoms with E-state index in [0.717, 1.165) is 5.56 Å². The monoisotopic (exact) mass is 233 g/mol. The fraction of sp³-hybridized carbons (Fsp3) is 0. The van der Waals surface area contributed by atoms with Crippen molar-refractivity contribution in [3.8, 4) is 11.1 Å². The Labute approximate surface area is 97.3 Å². The number of aromatic carboxylic acids is 1. The Hall–Kier alpha value is -1.87. The molecule has 0 aliphatic carbocycles. The number of halogens is 1. The average Bonchev–Trinajstić information content (AvgIpc) is 2.29. The van der Waals surface area contributed by atoms with Crippen molar-refractivity contribution in [1.82, 2.24) is 4.98 Å². The highest BCUT2D eigenvalue weighted by Crippen LogP contribution is 2.29. The normalized spacial score (nSPS) is 10.1. The molecule has 0 saturated carbocycles. The van der Waals surface area contributed by atoms with Gasteiger partial charge in [-0.2, -0.15) is 0 Å². The lowest BCUT2D eigenvalue weighted by atomic mass is 10.0. The standard InChI is InChI=1S/C12H8ClNO2/c13-11-10(8-4-2-1-3-5-8)9(12(15)16)6-7-14-11/h1-7H,(H,15,16). The average molecular weight is 234 g/mol. The van der Waals surface area contributed by atoms with E-state index in [9.17, 15) is 4.79 Å². The van der Waals surface area contributed by atoms with Gasteiger partial charge < -0.3 is 5.11 Å². The van der Waals surface area contributed by atoms with Crippen LogP contribution >= 0.6 is 11.6 Å². The fourth-order valence-electron chi connectivity index (χ4n) is 1.49. The summed E-state index contributed by atoms with van der Waals surface area (Å²) < 4.78 is 0. The number of hydrogen-bond donors (Lipinski definition) is 1. The third kappa shape index (κ3) is 1.90. The molecule has 1 N–H and O–H groups in total. The summed E-state index contributed by atoms with van der Waals surface area (Å²) in [5.74, 6) is -1.01. The van der Waals surface area contributed by atoms with Gasteiger partial charge in [-0.15, -0.1) is 0 Å². The molecule has 0 amide bonds. The zero-order valence-electron chi connectivity index (χ0n) is 8.22. The van der Waals surface area contributed by atoms with Gasteiger partial charge in [0.2, 0.25) is 0 Å². The summed E-state index contributed by atoms with van der Waals surface area (Å²) in [4.78, 5) is 15.0. The number of carboxylic acid groups (broad SMARTS) is 1. The van der Waals surface area contributed by atoms with Crippen LogP contribution in [0, 0.1) is 0 Å². The van der Waals surface area contributed by atoms with E-state index in [1.54, 1.807) is 12.1 Å². The van der Waals surface area contributed by atoms with Crippen molar-refractivity contribution in [2.24, 2.45) is 0 Å². The van der Waals surface area contributed by atoms with E-state index in [4.69, 9.17) is 16.7 Å². The van der Waals surface area contributed by atoms with E-state index < -0.39 is 5.97 Å². The van der Waals surface area contributed by atoms with Crippen LogP contribution in [0.15, 0.2) is 42.6 Å². The van der Waals surface area contributed by atoms with E-state index >= 15 is 0 Å². The van der Waals surface area contributed by atoms with Crippen LogP contribution in [0.2, 0.25) is 5.15 Å². The molecule has 1 aromatic heterocycles. The van der Waals surface area contributed by atoms with Gasteiger partial charge in [-0.05, 0) is 11.6 Å². The molecule has 0 unspecified atom stereocenters. The fourth-order valence-corrected chi connectivity index (χ4v) is 1.76. The number of aromatic nitrogens is 1. The largest absolute Gasteiger partial charge is 0.478 e. The highest BCUT2D eigenvalue weighted by molar-refractivity contribution is 6.32. The SMILES string of the molecule is O=C(O)c1ccnc(Cl)c1-c1ccccc1. The van der Waals surface area contributed by atoms with E-state index in [1.807, 2.05) is 18.2 Å². The van der Waals surface area contributed by atoms with Crippen LogP contribution in [0.4, 0.5) is 0 Å². The van der Waals surface area contributed by atoms with E-state index in [1.165, 1.54) is 12.3 Å². The first kappa shape index (κ1) is 10.6. The second-order valence-electron chi connectivity index (χ2n) is 3.20. The van der Waals surface area contributed by atoms with Crippen molar-refractivity contribution >= 4 is 17.6 Å². The second kappa shape index (κ2) is 4.33. The molecule has 0 bridgehead atoms. The van der Waals surface area contributed by atoms with E-state index in [2.05, 4.69) is 4.98 Å². The van der Waals surface area contributed by atoms with Gasteiger partial charge in [0, 0.05) is 11.8 Å². The highest BCUT2D eigenvalue weighted by atomic mass is 35.5. The van der Waals surface area contributed by atoms with Crippen LogP contribution in [0.5, 0.6) is 0 Å². The van der Waals surface area contributed by atoms with Crippen LogP contribution in [-0.2, 0) is 0 Å². The lowest BCUT2D eigenvalue weighted by Crippen LogP contribution is -2.00. The molecule has 0 spiro atoms. The Balaban J connectivity index is 2.68. The molecule has 1 aromatic carbocycles. The highest BCUT2D eigenvalue weighted by Gasteiger charge is 2.15. The number of pyridine rings is 1. The quantitative estimate of drug-likeness (QED) is 0.811. The Morgan fingerprint density at radius 2 is 1.88 bits per heavy atom. The molecule has 2 aromatic rings. The Bertz CT molecular complexity index is 526. The first-order valence-electron chi connectivity index (χ1n) is 4.63. The lowest BCUT2D eigenvalue weighted by molar-refractivity contribution is 0.0697. The van der Waals surface area contributed by atoms with Crippen LogP contribution < -0.4 is 0 Å². The third-order valence-electron chi connectivity index (χ3n) is 2.20. The summed E-state index contributed by atoms with van der Waals surface area (Å²) >= 11 is 5.93. The van der Waals surface area contributed by atoms with Crippen molar-refractivity contribution in [2.45, 2.75) is 0 Å². The number of nitrogens with zero attached hydrogens (tertiary/aromatic N) is 1. The molecular formula is C12H8ClNO2. The van der Waals surface area contributed by atoms with Crippen molar-refractivity contribution in [3.63, 3.8) is 0 Å². The van der Waals surface area contributed by atoms with Crippen LogP contribution in [0.25, 0.3) is 11.1 Å². The molecule has 0 aliphatic heterocycles. The van der Waals surface area contributed by atoms with Crippen LogP contribution in [-0.4, -0.2) is 16.1 Å². The van der Waals surface area contributed by atoms with Gasteiger partial charge in [0.15, 0.2) is 0 Å². The summed E-state index contributed by atoms with van der Waals surface area (Å²) in [6.45, 7) is 0. The van der Waals surface area contributed by atoms with Gasteiger partial charge in [0.25, 0.3) is 0 Å². The molecule has 80 valence electrons. The second-order valence-corrected chi connectivity index (χ2v) is 3.55. The maximum Gasteiger partial charge on any atom is 0.336 e. The molecule has 1 heterocycles. The summed E-state index contributed by atoms with van der Waals surface area (Å²) in [7, 11) is 0. The minimum atomic E-state index is -1.01. The van der Waals surface area contributed by atoms with Gasteiger partial charge in [-0.25, -0.2) is 9.78 Å². The van der Waals surface area contributed by atoms with E-state index in [-0.39, 0.29) is 10.7 Å². The van der Waals surface area contributed by atoms with Crippen molar-refractivity contribution in [3.05, 3.63) is 53.3 Å². The van der Waals surface area contributed by atoms with E-state index in [0.29, 0.717) is 5.56 Å². The number of benzene rings is 1. The predicted molar refractivity (Wildman–Crippen MR) is 61.6 cm³/mol. The van der Waals surface area contributed by atoms with Gasteiger partial charge >= 0.3 is 5.97 Å². The molecule has 0 aliphatic rings. The maximum absolute atomic E-state index is 11.1. The van der Waals surface area contributed by atoms with Crippen molar-refractivity contribution < 1.29 is 9.90 Å². The Morgan fingerprint density at radius 3 is 2.50 bits per heavy atom. The molecule has 3 nitrogen and oxygen atoms in total. The van der Waals surface area contributed by atoms with Crippen LogP contribution in [0.1, 0.15) is 10.4 Å². The maximum atomic E-state index is 11.1. The van der Waals surface area contributed by atoms with Gasteiger partial charge in [-0.1, -0.05) is 41.9 Å². The van der Waals surface area contributed by atoms with Gasteiger partial charge in [0.1, 0.15) is 5.15 Å². The number of carbonyl (C=O) groups is 1. The first-order valence-corrected chi connectivity index (χ1v) is 5.01. The van der Waals surface area contributed by atoms with Crippen LogP contribution in [0.3, 0.4) is 0 Å². The van der Waals surface area contributed by atoms with Crippen molar-refractivity contribution in [1.29, 1.82) is 0 Å². The zero-order valence-corrected chi connectivity index (χ0v) is 8.98. The number of carboxylic acids is 1. The summed E-state index contributed by atoms with van der Waals surface area (Å²) in [5, 5.41) is 9.27. The smallest absolute Gasteiger partial charge is 0.336 e. The molecule has 2 rings (SSSR count). The first-order chi connectivity index (χ1) is 7.70. The molecule has 4 heteroatoms. The van der Waals surface area contributed by atoms with Gasteiger partial charge in [-0.3, -0.25) is 0 Å². The van der Waals surface area contributed by atoms with Crippen molar-refractivity contribution in [2.75, 3.05) is 0 Å². The van der Waals surface area contributed by atoms with Gasteiger partial charge in [0.05, 0.1) is 5.56 Å². The molecule has 16 heavy (non-hydrogen) atoms. The number of hydrogen-bond acceptors (Lipinski definition) is 2. The Kier molecular flexibility index (Phi) is 2.88. The molecule has 0 radical (unpaired) electrons. The topological polar surface area (TPSA) is 50.2 Å². The molecule has 0 atom stereocenters. The predicted octanol–water partition coefficient (Wildman–Crippen LogP) is 3.10. The molecular weight excluding hydrogens is 226 g/mol. The minimum absolute atomic E-state index is 0.159. The lowest BCUT2D eigenvalue weighted by Gasteiger charge is -2.07. The molecule has 0 saturated heterocycles. The summed E-state index contributed by atoms with van der Waals surface area (Å²) in [6, 6.07) is 10.5. The Morgan fingerprint density at radius 1 is 1.19 bits per heavy atom. The number of rotatable bonds is 2. The third-order valence-corrected chi connectivity index (χ3v) is 2.48. The minimum Gasteiger partial charge on any atom is -0.478 e. The summed E-state index contributed by atoms with van der Waals surface area (Å²) in [6.07, 6.45) is 1.39. The zero-order chi connectivity index (χ0) is 11.5. The summed E-state index contributed by atoms with van der Waals surface area (Å²) in [5.41, 5.74) is 1.36.